The van der Waals surface area contributed by atoms with Crippen LogP contribution in [-0.4, -0.2) is 45.7 Å². The standard InChI is InChI=1S/C21H23N3O5S/c1-30(27,28)24-14-12-19(29-18-6-3-2-5-17(18)24)21(26)22-15-8-10-16(11-9-15)23-13-4-7-20(23)25/h2-3,5-6,8-11,19H,4,7,12-14H2,1H3,(H,22,26)/t19-/m0/s1. The molecule has 0 bridgehead atoms. The summed E-state index contributed by atoms with van der Waals surface area (Å²) in [5.41, 5.74) is 1.81. The highest BCUT2D eigenvalue weighted by molar-refractivity contribution is 7.92. The number of carbonyl (C=O) groups excluding carboxylic acids is 2. The van der Waals surface area contributed by atoms with E-state index in [4.69, 9.17) is 4.74 Å². The molecule has 158 valence electrons. The van der Waals surface area contributed by atoms with Gasteiger partial charge in [0.25, 0.3) is 5.91 Å². The molecule has 1 N–H and O–H groups in total. The highest BCUT2D eigenvalue weighted by Crippen LogP contribution is 2.34. The van der Waals surface area contributed by atoms with Gasteiger partial charge in [0.15, 0.2) is 6.10 Å². The molecule has 2 aromatic rings. The lowest BCUT2D eigenvalue weighted by Gasteiger charge is -2.20. The summed E-state index contributed by atoms with van der Waals surface area (Å²) in [5.74, 6) is 0.0985. The molecule has 1 saturated heterocycles. The Morgan fingerprint density at radius 1 is 1.10 bits per heavy atom. The van der Waals surface area contributed by atoms with Crippen LogP contribution < -0.4 is 19.3 Å². The first-order valence-electron chi connectivity index (χ1n) is 9.77. The maximum absolute atomic E-state index is 12.8. The largest absolute Gasteiger partial charge is 0.478 e. The van der Waals surface area contributed by atoms with Crippen LogP contribution in [-0.2, 0) is 19.6 Å². The maximum atomic E-state index is 12.8. The van der Waals surface area contributed by atoms with E-state index >= 15 is 0 Å². The highest BCUT2D eigenvalue weighted by Gasteiger charge is 2.31. The molecule has 0 spiro atoms. The van der Waals surface area contributed by atoms with Crippen LogP contribution >= 0.6 is 0 Å². The van der Waals surface area contributed by atoms with Gasteiger partial charge < -0.3 is 15.0 Å². The number of fused-ring (bicyclic) bond motifs is 1. The minimum Gasteiger partial charge on any atom is -0.478 e. The Morgan fingerprint density at radius 2 is 1.83 bits per heavy atom. The minimum atomic E-state index is -3.50. The Bertz CT molecular complexity index is 1070. The summed E-state index contributed by atoms with van der Waals surface area (Å²) in [6, 6.07) is 13.9. The molecule has 2 aromatic carbocycles. The third-order valence-corrected chi connectivity index (χ3v) is 6.39. The number of carbonyl (C=O) groups is 2. The zero-order chi connectivity index (χ0) is 21.3. The predicted molar refractivity (Wildman–Crippen MR) is 114 cm³/mol. The van der Waals surface area contributed by atoms with E-state index in [2.05, 4.69) is 5.32 Å². The molecule has 0 radical (unpaired) electrons. The molecule has 0 unspecified atom stereocenters. The second-order valence-electron chi connectivity index (χ2n) is 7.38. The number of hydrogen-bond donors (Lipinski definition) is 1. The molecule has 2 amide bonds. The molecule has 0 aliphatic carbocycles. The van der Waals surface area contributed by atoms with E-state index in [0.29, 0.717) is 30.1 Å². The molecule has 2 aliphatic heterocycles. The van der Waals surface area contributed by atoms with E-state index in [1.165, 1.54) is 4.31 Å². The lowest BCUT2D eigenvalue weighted by Crippen LogP contribution is -2.36. The average Bonchev–Trinajstić information content (AvgIpc) is 3.03. The van der Waals surface area contributed by atoms with Crippen molar-refractivity contribution in [2.75, 3.05) is 33.9 Å². The second-order valence-corrected chi connectivity index (χ2v) is 9.29. The zero-order valence-corrected chi connectivity index (χ0v) is 17.4. The van der Waals surface area contributed by atoms with Crippen LogP contribution in [0.15, 0.2) is 48.5 Å². The molecule has 4 rings (SSSR count). The van der Waals surface area contributed by atoms with Crippen molar-refractivity contribution in [3.63, 3.8) is 0 Å². The molecule has 1 atom stereocenters. The third-order valence-electron chi connectivity index (χ3n) is 5.21. The molecule has 0 saturated carbocycles. The summed E-state index contributed by atoms with van der Waals surface area (Å²) >= 11 is 0. The lowest BCUT2D eigenvalue weighted by molar-refractivity contribution is -0.122. The van der Waals surface area contributed by atoms with Gasteiger partial charge in [0.2, 0.25) is 15.9 Å². The average molecular weight is 429 g/mol. The van der Waals surface area contributed by atoms with E-state index < -0.39 is 16.1 Å². The minimum absolute atomic E-state index is 0.104. The van der Waals surface area contributed by atoms with Gasteiger partial charge in [-0.25, -0.2) is 8.42 Å². The smallest absolute Gasteiger partial charge is 0.265 e. The number of ether oxygens (including phenoxy) is 1. The fourth-order valence-electron chi connectivity index (χ4n) is 3.73. The number of hydrogen-bond acceptors (Lipinski definition) is 5. The summed E-state index contributed by atoms with van der Waals surface area (Å²) in [6.45, 7) is 0.848. The normalized spacial score (nSPS) is 19.1. The molecule has 8 nitrogen and oxygen atoms in total. The molecule has 30 heavy (non-hydrogen) atoms. The van der Waals surface area contributed by atoms with Crippen LogP contribution in [0, 0.1) is 0 Å². The van der Waals surface area contributed by atoms with E-state index in [-0.39, 0.29) is 24.8 Å². The van der Waals surface area contributed by atoms with Crippen molar-refractivity contribution < 1.29 is 22.7 Å². The number of nitrogens with one attached hydrogen (secondary N) is 1. The van der Waals surface area contributed by atoms with Crippen LogP contribution in [0.3, 0.4) is 0 Å². The van der Waals surface area contributed by atoms with E-state index in [1.807, 2.05) is 0 Å². The SMILES string of the molecule is CS(=O)(=O)N1CC[C@@H](C(=O)Nc2ccc(N3CCCC3=O)cc2)Oc2ccccc21. The quantitative estimate of drug-likeness (QED) is 0.805. The molecule has 2 heterocycles. The van der Waals surface area contributed by atoms with Crippen molar-refractivity contribution in [2.45, 2.75) is 25.4 Å². The van der Waals surface area contributed by atoms with Crippen molar-refractivity contribution in [1.29, 1.82) is 0 Å². The van der Waals surface area contributed by atoms with Crippen molar-refractivity contribution >= 4 is 38.9 Å². The van der Waals surface area contributed by atoms with Crippen LogP contribution in [0.4, 0.5) is 17.1 Å². The fraction of sp³-hybridized carbons (Fsp3) is 0.333. The van der Waals surface area contributed by atoms with Crippen molar-refractivity contribution in [3.05, 3.63) is 48.5 Å². The van der Waals surface area contributed by atoms with Crippen molar-refractivity contribution in [1.82, 2.24) is 0 Å². The number of rotatable bonds is 4. The van der Waals surface area contributed by atoms with Crippen LogP contribution in [0.5, 0.6) is 5.75 Å². The molecular weight excluding hydrogens is 406 g/mol. The van der Waals surface area contributed by atoms with E-state index in [0.717, 1.165) is 18.4 Å². The van der Waals surface area contributed by atoms with Gasteiger partial charge in [-0.2, -0.15) is 0 Å². The first kappa shape index (κ1) is 20.2. The highest BCUT2D eigenvalue weighted by atomic mass is 32.2. The molecule has 0 aromatic heterocycles. The Labute approximate surface area is 175 Å². The van der Waals surface area contributed by atoms with Gasteiger partial charge in [-0.15, -0.1) is 0 Å². The first-order valence-corrected chi connectivity index (χ1v) is 11.6. The maximum Gasteiger partial charge on any atom is 0.265 e. The number of para-hydroxylation sites is 2. The second kappa shape index (κ2) is 7.98. The number of amides is 2. The summed E-state index contributed by atoms with van der Waals surface area (Å²) in [6.07, 6.45) is 1.93. The number of nitrogens with zero attached hydrogens (tertiary/aromatic N) is 2. The van der Waals surface area contributed by atoms with Crippen molar-refractivity contribution in [3.8, 4) is 5.75 Å². The van der Waals surface area contributed by atoms with Gasteiger partial charge in [-0.1, -0.05) is 12.1 Å². The van der Waals surface area contributed by atoms with Crippen LogP contribution in [0.2, 0.25) is 0 Å². The van der Waals surface area contributed by atoms with Crippen molar-refractivity contribution in [2.24, 2.45) is 0 Å². The summed E-state index contributed by atoms with van der Waals surface area (Å²) < 4.78 is 31.5. The Hall–Kier alpha value is -3.07. The number of benzene rings is 2. The molecular formula is C21H23N3O5S. The van der Waals surface area contributed by atoms with Gasteiger partial charge in [0, 0.05) is 37.3 Å². The van der Waals surface area contributed by atoms with Gasteiger partial charge in [0.1, 0.15) is 5.75 Å². The van der Waals surface area contributed by atoms with Gasteiger partial charge in [-0.05, 0) is 42.8 Å². The van der Waals surface area contributed by atoms with Gasteiger partial charge >= 0.3 is 0 Å². The summed E-state index contributed by atoms with van der Waals surface area (Å²) in [4.78, 5) is 26.4. The van der Waals surface area contributed by atoms with E-state index in [9.17, 15) is 18.0 Å². The van der Waals surface area contributed by atoms with Crippen LogP contribution in [0.25, 0.3) is 0 Å². The van der Waals surface area contributed by atoms with E-state index in [1.54, 1.807) is 53.4 Å². The number of anilines is 3. The lowest BCUT2D eigenvalue weighted by atomic mass is 10.2. The predicted octanol–water partition coefficient (Wildman–Crippen LogP) is 2.37. The fourth-order valence-corrected chi connectivity index (χ4v) is 4.67. The number of sulfonamides is 1. The third kappa shape index (κ3) is 4.11. The topological polar surface area (TPSA) is 96.0 Å². The van der Waals surface area contributed by atoms with Gasteiger partial charge in [0.05, 0.1) is 11.9 Å². The molecule has 2 aliphatic rings. The zero-order valence-electron chi connectivity index (χ0n) is 16.6. The molecule has 9 heteroatoms. The summed E-state index contributed by atoms with van der Waals surface area (Å²) in [7, 11) is -3.50. The monoisotopic (exact) mass is 429 g/mol. The van der Waals surface area contributed by atoms with Crippen LogP contribution in [0.1, 0.15) is 19.3 Å². The Balaban J connectivity index is 1.48. The Morgan fingerprint density at radius 3 is 2.50 bits per heavy atom. The Kier molecular flexibility index (Phi) is 5.38. The summed E-state index contributed by atoms with van der Waals surface area (Å²) in [5, 5.41) is 2.82. The molecule has 1 fully saturated rings. The first-order chi connectivity index (χ1) is 14.3. The van der Waals surface area contributed by atoms with Gasteiger partial charge in [-0.3, -0.25) is 13.9 Å².